The van der Waals surface area contributed by atoms with E-state index in [0.717, 1.165) is 0 Å². The molecule has 3 rings (SSSR count). The van der Waals surface area contributed by atoms with Crippen molar-refractivity contribution in [2.24, 2.45) is 5.92 Å². The number of likely N-dealkylation sites (tertiary alicyclic amines) is 1. The fraction of sp³-hybridized carbons (Fsp3) is 0.474. The molecule has 2 heterocycles. The first-order valence-corrected chi connectivity index (χ1v) is 9.35. The van der Waals surface area contributed by atoms with Gasteiger partial charge < -0.3 is 29.5 Å². The number of piperidine rings is 1. The molecule has 0 atom stereocenters. The maximum atomic E-state index is 12.6. The molecule has 0 unspecified atom stereocenters. The Morgan fingerprint density at radius 1 is 1.24 bits per heavy atom. The van der Waals surface area contributed by atoms with E-state index in [0.29, 0.717) is 54.8 Å². The lowest BCUT2D eigenvalue weighted by Gasteiger charge is -2.31. The van der Waals surface area contributed by atoms with Crippen LogP contribution < -0.4 is 20.1 Å². The smallest absolute Gasteiger partial charge is 0.321 e. The summed E-state index contributed by atoms with van der Waals surface area (Å²) in [6.45, 7) is 2.90. The highest BCUT2D eigenvalue weighted by molar-refractivity contribution is 5.91. The van der Waals surface area contributed by atoms with Gasteiger partial charge in [0.25, 0.3) is 0 Å². The number of amides is 3. The summed E-state index contributed by atoms with van der Waals surface area (Å²) in [6, 6.07) is 4.96. The lowest BCUT2D eigenvalue weighted by molar-refractivity contribution is -0.126. The zero-order valence-corrected chi connectivity index (χ0v) is 16.7. The summed E-state index contributed by atoms with van der Waals surface area (Å²) in [5.74, 6) is 1.84. The van der Waals surface area contributed by atoms with E-state index < -0.39 is 0 Å². The van der Waals surface area contributed by atoms with Crippen molar-refractivity contribution >= 4 is 17.6 Å². The molecular weight excluding hydrogens is 378 g/mol. The van der Waals surface area contributed by atoms with Gasteiger partial charge in [0.2, 0.25) is 11.8 Å². The highest BCUT2D eigenvalue weighted by atomic mass is 16.5. The van der Waals surface area contributed by atoms with Crippen LogP contribution in [0.15, 0.2) is 22.7 Å². The zero-order valence-electron chi connectivity index (χ0n) is 16.7. The Kier molecular flexibility index (Phi) is 6.53. The Labute approximate surface area is 168 Å². The minimum absolute atomic E-state index is 0.0715. The quantitative estimate of drug-likeness (QED) is 0.757. The molecule has 1 aromatic carbocycles. The van der Waals surface area contributed by atoms with Gasteiger partial charge in [0.15, 0.2) is 5.82 Å². The van der Waals surface area contributed by atoms with Crippen LogP contribution in [-0.2, 0) is 11.3 Å². The van der Waals surface area contributed by atoms with Crippen molar-refractivity contribution in [1.82, 2.24) is 20.4 Å². The number of benzene rings is 1. The fourth-order valence-corrected chi connectivity index (χ4v) is 3.16. The third-order valence-electron chi connectivity index (χ3n) is 4.79. The Hall–Kier alpha value is -3.30. The van der Waals surface area contributed by atoms with Crippen molar-refractivity contribution in [3.05, 3.63) is 29.9 Å². The van der Waals surface area contributed by atoms with Crippen molar-refractivity contribution in [2.45, 2.75) is 26.3 Å². The number of hydrogen-bond donors (Lipinski definition) is 2. The highest BCUT2D eigenvalue weighted by Crippen LogP contribution is 2.29. The number of urea groups is 1. The lowest BCUT2D eigenvalue weighted by Crippen LogP contribution is -2.44. The number of rotatable bonds is 6. The molecule has 29 heavy (non-hydrogen) atoms. The molecule has 3 amide bonds. The Morgan fingerprint density at radius 3 is 2.62 bits per heavy atom. The predicted octanol–water partition coefficient (Wildman–Crippen LogP) is 1.96. The number of aryl methyl sites for hydroxylation is 1. The van der Waals surface area contributed by atoms with Crippen molar-refractivity contribution in [3.8, 4) is 11.5 Å². The van der Waals surface area contributed by atoms with E-state index in [-0.39, 0.29) is 24.4 Å². The van der Waals surface area contributed by atoms with Crippen LogP contribution in [0.4, 0.5) is 10.5 Å². The molecule has 0 aliphatic carbocycles. The number of nitrogens with zero attached hydrogens (tertiary/aromatic N) is 3. The number of ether oxygens (including phenoxy) is 2. The maximum Gasteiger partial charge on any atom is 0.321 e. The van der Waals surface area contributed by atoms with Crippen LogP contribution in [0.5, 0.6) is 11.5 Å². The number of anilines is 1. The second-order valence-electron chi connectivity index (χ2n) is 6.71. The SMILES string of the molecule is COc1ccc(NC(=O)N2CCC(C(=O)NCc3nc(C)no3)CC2)c(OC)c1. The van der Waals surface area contributed by atoms with Gasteiger partial charge in [-0.1, -0.05) is 5.16 Å². The Balaban J connectivity index is 1.48. The van der Waals surface area contributed by atoms with Crippen LogP contribution in [-0.4, -0.2) is 54.3 Å². The third-order valence-corrected chi connectivity index (χ3v) is 4.79. The Bertz CT molecular complexity index is 860. The van der Waals surface area contributed by atoms with Crippen molar-refractivity contribution < 1.29 is 23.6 Å². The molecule has 10 nitrogen and oxygen atoms in total. The van der Waals surface area contributed by atoms with Gasteiger partial charge in [-0.15, -0.1) is 0 Å². The molecule has 1 fully saturated rings. The largest absolute Gasteiger partial charge is 0.497 e. The molecule has 10 heteroatoms. The second kappa shape index (κ2) is 9.26. The molecule has 1 aliphatic rings. The third kappa shape index (κ3) is 5.15. The molecule has 0 radical (unpaired) electrons. The molecule has 1 aromatic heterocycles. The van der Waals surface area contributed by atoms with Crippen LogP contribution >= 0.6 is 0 Å². The predicted molar refractivity (Wildman–Crippen MR) is 104 cm³/mol. The van der Waals surface area contributed by atoms with E-state index in [2.05, 4.69) is 20.8 Å². The van der Waals surface area contributed by atoms with Crippen LogP contribution in [0.1, 0.15) is 24.6 Å². The maximum absolute atomic E-state index is 12.6. The van der Waals surface area contributed by atoms with E-state index in [9.17, 15) is 9.59 Å². The van der Waals surface area contributed by atoms with Crippen molar-refractivity contribution in [1.29, 1.82) is 0 Å². The van der Waals surface area contributed by atoms with Gasteiger partial charge in [0.05, 0.1) is 26.5 Å². The van der Waals surface area contributed by atoms with E-state index in [1.165, 1.54) is 7.11 Å². The van der Waals surface area contributed by atoms with Gasteiger partial charge in [-0.25, -0.2) is 4.79 Å². The van der Waals surface area contributed by atoms with Crippen molar-refractivity contribution in [3.63, 3.8) is 0 Å². The first kappa shape index (κ1) is 20.4. The summed E-state index contributed by atoms with van der Waals surface area (Å²) < 4.78 is 15.5. The Morgan fingerprint density at radius 2 is 2.00 bits per heavy atom. The van der Waals surface area contributed by atoms with Gasteiger partial charge in [-0.3, -0.25) is 4.79 Å². The summed E-state index contributed by atoms with van der Waals surface area (Å²) in [7, 11) is 3.10. The number of aromatic nitrogens is 2. The molecular formula is C19H25N5O5. The summed E-state index contributed by atoms with van der Waals surface area (Å²) in [5, 5.41) is 9.35. The van der Waals surface area contributed by atoms with Crippen molar-refractivity contribution in [2.75, 3.05) is 32.6 Å². The summed E-state index contributed by atoms with van der Waals surface area (Å²) >= 11 is 0. The number of nitrogens with one attached hydrogen (secondary N) is 2. The monoisotopic (exact) mass is 403 g/mol. The van der Waals surface area contributed by atoms with E-state index >= 15 is 0 Å². The van der Waals surface area contributed by atoms with Gasteiger partial charge in [-0.05, 0) is 31.9 Å². The van der Waals surface area contributed by atoms with Gasteiger partial charge in [0, 0.05) is 25.1 Å². The molecule has 0 bridgehead atoms. The van der Waals surface area contributed by atoms with E-state index in [4.69, 9.17) is 14.0 Å². The average Bonchev–Trinajstić information content (AvgIpc) is 3.17. The van der Waals surface area contributed by atoms with E-state index in [1.807, 2.05) is 0 Å². The first-order chi connectivity index (χ1) is 14.0. The summed E-state index contributed by atoms with van der Waals surface area (Å²) in [5.41, 5.74) is 0.563. The number of hydrogen-bond acceptors (Lipinski definition) is 7. The number of methoxy groups -OCH3 is 2. The second-order valence-corrected chi connectivity index (χ2v) is 6.71. The molecule has 2 aromatic rings. The summed E-state index contributed by atoms with van der Waals surface area (Å²) in [6.07, 6.45) is 1.17. The molecule has 0 spiro atoms. The molecule has 1 aliphatic heterocycles. The van der Waals surface area contributed by atoms with Gasteiger partial charge in [0.1, 0.15) is 11.5 Å². The highest BCUT2D eigenvalue weighted by Gasteiger charge is 2.28. The average molecular weight is 403 g/mol. The van der Waals surface area contributed by atoms with Crippen LogP contribution in [0.3, 0.4) is 0 Å². The standard InChI is InChI=1S/C19H25N5O5/c1-12-21-17(29-23-12)11-20-18(25)13-6-8-24(9-7-13)19(26)22-15-5-4-14(27-2)10-16(15)28-3/h4-5,10,13H,6-9,11H2,1-3H3,(H,20,25)(H,22,26). The molecule has 2 N–H and O–H groups in total. The molecule has 156 valence electrons. The van der Waals surface area contributed by atoms with Crippen LogP contribution in [0, 0.1) is 12.8 Å². The minimum atomic E-state index is -0.228. The van der Waals surface area contributed by atoms with Crippen LogP contribution in [0.25, 0.3) is 0 Å². The van der Waals surface area contributed by atoms with Gasteiger partial charge >= 0.3 is 6.03 Å². The number of carbonyl (C=O) groups excluding carboxylic acids is 2. The fourth-order valence-electron chi connectivity index (χ4n) is 3.16. The lowest BCUT2D eigenvalue weighted by atomic mass is 9.96. The normalized spacial score (nSPS) is 14.4. The zero-order chi connectivity index (χ0) is 20.8. The molecule has 0 saturated carbocycles. The topological polar surface area (TPSA) is 119 Å². The first-order valence-electron chi connectivity index (χ1n) is 9.35. The summed E-state index contributed by atoms with van der Waals surface area (Å²) in [4.78, 5) is 30.7. The van der Waals surface area contributed by atoms with Crippen LogP contribution in [0.2, 0.25) is 0 Å². The van der Waals surface area contributed by atoms with E-state index in [1.54, 1.807) is 37.1 Å². The number of carbonyl (C=O) groups is 2. The molecule has 1 saturated heterocycles. The van der Waals surface area contributed by atoms with Gasteiger partial charge in [-0.2, -0.15) is 4.98 Å². The minimum Gasteiger partial charge on any atom is -0.497 e.